The normalized spacial score (nSPS) is 11.1. The number of aromatic nitrogens is 1. The number of hydrogen-bond acceptors (Lipinski definition) is 5. The molecule has 0 bridgehead atoms. The maximum absolute atomic E-state index is 12.9. The fourth-order valence-corrected chi connectivity index (χ4v) is 3.85. The van der Waals surface area contributed by atoms with Crippen molar-refractivity contribution in [2.75, 3.05) is 38.7 Å². The van der Waals surface area contributed by atoms with Crippen LogP contribution < -0.4 is 9.64 Å². The van der Waals surface area contributed by atoms with Crippen LogP contribution in [0.2, 0.25) is 5.02 Å². The summed E-state index contributed by atoms with van der Waals surface area (Å²) in [6.07, 6.45) is 0. The van der Waals surface area contributed by atoms with Crippen LogP contribution in [0.5, 0.6) is 5.75 Å². The van der Waals surface area contributed by atoms with Crippen LogP contribution in [0.4, 0.5) is 5.13 Å². The van der Waals surface area contributed by atoms with E-state index < -0.39 is 0 Å². The molecule has 0 aliphatic carbocycles. The van der Waals surface area contributed by atoms with Crippen molar-refractivity contribution in [3.63, 3.8) is 0 Å². The van der Waals surface area contributed by atoms with Crippen LogP contribution in [0, 0.1) is 6.92 Å². The third-order valence-electron chi connectivity index (χ3n) is 4.09. The Morgan fingerprint density at radius 1 is 1.19 bits per heavy atom. The monoisotopic (exact) mass is 403 g/mol. The molecule has 0 saturated carbocycles. The molecule has 3 rings (SSSR count). The van der Waals surface area contributed by atoms with E-state index in [1.54, 1.807) is 11.0 Å². The zero-order valence-corrected chi connectivity index (χ0v) is 17.2. The van der Waals surface area contributed by atoms with Gasteiger partial charge in [-0.25, -0.2) is 4.98 Å². The molecule has 142 valence electrons. The van der Waals surface area contributed by atoms with Gasteiger partial charge in [0.25, 0.3) is 5.91 Å². The van der Waals surface area contributed by atoms with E-state index in [-0.39, 0.29) is 12.5 Å². The quantitative estimate of drug-likeness (QED) is 0.592. The summed E-state index contributed by atoms with van der Waals surface area (Å²) in [5.74, 6) is 0.597. The van der Waals surface area contributed by atoms with Gasteiger partial charge in [-0.05, 0) is 50.8 Å². The van der Waals surface area contributed by atoms with Crippen LogP contribution in [-0.2, 0) is 4.79 Å². The highest BCUT2D eigenvalue weighted by Gasteiger charge is 2.20. The van der Waals surface area contributed by atoms with E-state index >= 15 is 0 Å². The molecular formula is C20H22ClN3O2S. The number of halogens is 1. The Labute approximate surface area is 168 Å². The Morgan fingerprint density at radius 2 is 1.96 bits per heavy atom. The summed E-state index contributed by atoms with van der Waals surface area (Å²) < 4.78 is 6.71. The molecule has 0 saturated heterocycles. The van der Waals surface area contributed by atoms with Crippen molar-refractivity contribution in [1.82, 2.24) is 9.88 Å². The zero-order chi connectivity index (χ0) is 19.4. The number of rotatable bonds is 7. The van der Waals surface area contributed by atoms with Gasteiger partial charge >= 0.3 is 0 Å². The molecule has 0 atom stereocenters. The first kappa shape index (κ1) is 19.6. The van der Waals surface area contributed by atoms with Crippen molar-refractivity contribution in [2.45, 2.75) is 6.92 Å². The van der Waals surface area contributed by atoms with Gasteiger partial charge in [0.1, 0.15) is 5.75 Å². The topological polar surface area (TPSA) is 45.7 Å². The average Bonchev–Trinajstić information content (AvgIpc) is 3.03. The van der Waals surface area contributed by atoms with Crippen LogP contribution in [-0.4, -0.2) is 49.6 Å². The molecule has 1 heterocycles. The lowest BCUT2D eigenvalue weighted by molar-refractivity contribution is -0.120. The van der Waals surface area contributed by atoms with Crippen molar-refractivity contribution in [3.8, 4) is 5.75 Å². The first-order valence-corrected chi connectivity index (χ1v) is 9.83. The molecule has 0 fully saturated rings. The molecule has 5 nitrogen and oxygen atoms in total. The van der Waals surface area contributed by atoms with Gasteiger partial charge in [0.2, 0.25) is 0 Å². The molecule has 0 radical (unpaired) electrons. The predicted octanol–water partition coefficient (Wildman–Crippen LogP) is 4.23. The Kier molecular flexibility index (Phi) is 6.31. The van der Waals surface area contributed by atoms with Crippen LogP contribution in [0.3, 0.4) is 0 Å². The number of carbonyl (C=O) groups is 1. The standard InChI is InChI=1S/C20H22ClN3O2S/c1-14-6-4-5-7-17(14)26-13-19(25)24(11-10-23(2)3)20-22-16-9-8-15(21)12-18(16)27-20/h4-9,12H,10-11,13H2,1-3H3. The van der Waals surface area contributed by atoms with Gasteiger partial charge in [0.05, 0.1) is 10.2 Å². The van der Waals surface area contributed by atoms with Gasteiger partial charge in [-0.3, -0.25) is 9.69 Å². The number of hydrogen-bond donors (Lipinski definition) is 0. The second-order valence-corrected chi connectivity index (χ2v) is 7.96. The lowest BCUT2D eigenvalue weighted by Gasteiger charge is -2.22. The third kappa shape index (κ3) is 4.97. The second kappa shape index (κ2) is 8.69. The molecule has 0 aliphatic heterocycles. The van der Waals surface area contributed by atoms with E-state index in [4.69, 9.17) is 16.3 Å². The lowest BCUT2D eigenvalue weighted by atomic mass is 10.2. The van der Waals surface area contributed by atoms with Crippen LogP contribution in [0.1, 0.15) is 5.56 Å². The first-order valence-electron chi connectivity index (χ1n) is 8.63. The smallest absolute Gasteiger partial charge is 0.266 e. The summed E-state index contributed by atoms with van der Waals surface area (Å²) in [5, 5.41) is 1.32. The summed E-state index contributed by atoms with van der Waals surface area (Å²) in [4.78, 5) is 21.2. The van der Waals surface area contributed by atoms with Crippen molar-refractivity contribution >= 4 is 44.2 Å². The molecule has 2 aromatic carbocycles. The molecule has 0 aliphatic rings. The number of benzene rings is 2. The van der Waals surface area contributed by atoms with Crippen LogP contribution >= 0.6 is 22.9 Å². The minimum atomic E-state index is -0.120. The molecule has 3 aromatic rings. The molecule has 27 heavy (non-hydrogen) atoms. The van der Waals surface area contributed by atoms with Crippen LogP contribution in [0.25, 0.3) is 10.2 Å². The minimum absolute atomic E-state index is 0.0328. The van der Waals surface area contributed by atoms with E-state index in [1.807, 2.05) is 62.3 Å². The van der Waals surface area contributed by atoms with Gasteiger partial charge < -0.3 is 9.64 Å². The number of aryl methyl sites for hydroxylation is 1. The summed E-state index contributed by atoms with van der Waals surface area (Å²) in [6.45, 7) is 3.19. The van der Waals surface area contributed by atoms with Gasteiger partial charge in [-0.15, -0.1) is 0 Å². The van der Waals surface area contributed by atoms with Crippen molar-refractivity contribution < 1.29 is 9.53 Å². The molecule has 0 spiro atoms. The number of para-hydroxylation sites is 1. The van der Waals surface area contributed by atoms with E-state index in [2.05, 4.69) is 4.98 Å². The maximum Gasteiger partial charge on any atom is 0.266 e. The maximum atomic E-state index is 12.9. The number of anilines is 1. The van der Waals surface area contributed by atoms with Gasteiger partial charge in [-0.2, -0.15) is 0 Å². The van der Waals surface area contributed by atoms with Gasteiger partial charge in [0.15, 0.2) is 11.7 Å². The number of amides is 1. The SMILES string of the molecule is Cc1ccccc1OCC(=O)N(CCN(C)C)c1nc2ccc(Cl)cc2s1. The average molecular weight is 404 g/mol. The zero-order valence-electron chi connectivity index (χ0n) is 15.6. The Hall–Kier alpha value is -2.15. The number of fused-ring (bicyclic) bond motifs is 1. The fraction of sp³-hybridized carbons (Fsp3) is 0.300. The highest BCUT2D eigenvalue weighted by atomic mass is 35.5. The molecule has 7 heteroatoms. The molecule has 1 amide bonds. The lowest BCUT2D eigenvalue weighted by Crippen LogP contribution is -2.39. The summed E-state index contributed by atoms with van der Waals surface area (Å²) >= 11 is 7.54. The molecule has 1 aromatic heterocycles. The first-order chi connectivity index (χ1) is 12.9. The van der Waals surface area contributed by atoms with Crippen LogP contribution in [0.15, 0.2) is 42.5 Å². The number of nitrogens with zero attached hydrogens (tertiary/aromatic N) is 3. The third-order valence-corrected chi connectivity index (χ3v) is 5.36. The highest BCUT2D eigenvalue weighted by Crippen LogP contribution is 2.31. The molecule has 0 unspecified atom stereocenters. The van der Waals surface area contributed by atoms with E-state index in [0.29, 0.717) is 16.7 Å². The fourth-order valence-electron chi connectivity index (χ4n) is 2.56. The van der Waals surface area contributed by atoms with E-state index in [9.17, 15) is 4.79 Å². The largest absolute Gasteiger partial charge is 0.483 e. The summed E-state index contributed by atoms with van der Waals surface area (Å²) in [6, 6.07) is 13.2. The number of likely N-dealkylation sites (N-methyl/N-ethyl adjacent to an activating group) is 1. The summed E-state index contributed by atoms with van der Waals surface area (Å²) in [5.41, 5.74) is 1.83. The van der Waals surface area contributed by atoms with Crippen molar-refractivity contribution in [3.05, 3.63) is 53.1 Å². The van der Waals surface area contributed by atoms with Crippen molar-refractivity contribution in [1.29, 1.82) is 0 Å². The number of carbonyl (C=O) groups excluding carboxylic acids is 1. The van der Waals surface area contributed by atoms with E-state index in [1.165, 1.54) is 11.3 Å². The molecule has 0 N–H and O–H groups in total. The number of ether oxygens (including phenoxy) is 1. The second-order valence-electron chi connectivity index (χ2n) is 6.51. The van der Waals surface area contributed by atoms with Gasteiger partial charge in [-0.1, -0.05) is 41.1 Å². The predicted molar refractivity (Wildman–Crippen MR) is 112 cm³/mol. The minimum Gasteiger partial charge on any atom is -0.483 e. The number of thiazole rings is 1. The molecular weight excluding hydrogens is 382 g/mol. The summed E-state index contributed by atoms with van der Waals surface area (Å²) in [7, 11) is 3.95. The van der Waals surface area contributed by atoms with E-state index in [0.717, 1.165) is 28.1 Å². The Balaban J connectivity index is 1.80. The van der Waals surface area contributed by atoms with Crippen molar-refractivity contribution in [2.24, 2.45) is 0 Å². The van der Waals surface area contributed by atoms with Gasteiger partial charge in [0, 0.05) is 18.1 Å². The Bertz CT molecular complexity index is 942. The Morgan fingerprint density at radius 3 is 2.70 bits per heavy atom. The highest BCUT2D eigenvalue weighted by molar-refractivity contribution is 7.22.